The number of carbonyl (C=O) groups excluding carboxylic acids is 2. The van der Waals surface area contributed by atoms with Gasteiger partial charge in [0.2, 0.25) is 5.91 Å². The molecule has 0 aromatic heterocycles. The van der Waals surface area contributed by atoms with Crippen LogP contribution in [0.5, 0.6) is 0 Å². The highest BCUT2D eigenvalue weighted by Gasteiger charge is 2.46. The molecule has 1 heterocycles. The van der Waals surface area contributed by atoms with Crippen molar-refractivity contribution in [3.8, 4) is 0 Å². The van der Waals surface area contributed by atoms with Crippen molar-refractivity contribution in [1.29, 1.82) is 0 Å². The second kappa shape index (κ2) is 7.07. The molecule has 0 N–H and O–H groups in total. The highest BCUT2D eigenvalue weighted by molar-refractivity contribution is 5.92. The lowest BCUT2D eigenvalue weighted by molar-refractivity contribution is -0.160. The topological polar surface area (TPSA) is 46.6 Å². The third-order valence-corrected chi connectivity index (χ3v) is 3.67. The molecule has 116 valence electrons. The second-order valence-corrected chi connectivity index (χ2v) is 5.36. The zero-order valence-corrected chi connectivity index (χ0v) is 13.0. The van der Waals surface area contributed by atoms with Gasteiger partial charge in [-0.1, -0.05) is 54.6 Å². The van der Waals surface area contributed by atoms with Crippen LogP contribution in [0.2, 0.25) is 0 Å². The fraction of sp³-hybridized carbons (Fsp3) is 0.333. The molecule has 1 aromatic carbocycles. The van der Waals surface area contributed by atoms with Gasteiger partial charge >= 0.3 is 5.97 Å². The first-order chi connectivity index (χ1) is 10.5. The van der Waals surface area contributed by atoms with E-state index >= 15 is 0 Å². The number of nitrogens with zero attached hydrogens (tertiary/aromatic N) is 1. The van der Waals surface area contributed by atoms with Gasteiger partial charge in [-0.2, -0.15) is 0 Å². The molecule has 0 spiro atoms. The van der Waals surface area contributed by atoms with Gasteiger partial charge < -0.3 is 9.64 Å². The lowest BCUT2D eigenvalue weighted by Gasteiger charge is -2.45. The number of hydrogen-bond donors (Lipinski definition) is 0. The van der Waals surface area contributed by atoms with Gasteiger partial charge in [0.25, 0.3) is 0 Å². The number of amides is 1. The minimum Gasteiger partial charge on any atom is -0.465 e. The first-order valence-electron chi connectivity index (χ1n) is 7.39. The molecule has 1 aromatic rings. The predicted molar refractivity (Wildman–Crippen MR) is 85.9 cm³/mol. The van der Waals surface area contributed by atoms with Crippen LogP contribution in [0.25, 0.3) is 6.08 Å². The molecule has 4 heteroatoms. The summed E-state index contributed by atoms with van der Waals surface area (Å²) < 4.78 is 4.92. The summed E-state index contributed by atoms with van der Waals surface area (Å²) in [5.74, 6) is -0.702. The minimum atomic E-state index is -0.380. The first-order valence-corrected chi connectivity index (χ1v) is 7.39. The number of benzene rings is 1. The van der Waals surface area contributed by atoms with Gasteiger partial charge in [-0.15, -0.1) is 0 Å². The van der Waals surface area contributed by atoms with Crippen molar-refractivity contribution in [2.75, 3.05) is 13.2 Å². The molecular formula is C18H21NO3. The lowest BCUT2D eigenvalue weighted by Crippen LogP contribution is -2.61. The van der Waals surface area contributed by atoms with Gasteiger partial charge in [0, 0.05) is 0 Å². The SMILES string of the molecule is C=C(C)[C@@H]1C(=O)N(CC(=O)OCC)[C@@H]1/C=C/c1ccccc1. The molecule has 0 radical (unpaired) electrons. The number of esters is 1. The van der Waals surface area contributed by atoms with Crippen LogP contribution in [0.4, 0.5) is 0 Å². The maximum atomic E-state index is 12.2. The Labute approximate surface area is 131 Å². The highest BCUT2D eigenvalue weighted by atomic mass is 16.5. The number of rotatable bonds is 6. The van der Waals surface area contributed by atoms with Crippen LogP contribution in [-0.2, 0) is 14.3 Å². The quantitative estimate of drug-likeness (QED) is 0.461. The van der Waals surface area contributed by atoms with E-state index in [-0.39, 0.29) is 30.4 Å². The molecule has 2 atom stereocenters. The lowest BCUT2D eigenvalue weighted by atomic mass is 9.82. The smallest absolute Gasteiger partial charge is 0.325 e. The fourth-order valence-corrected chi connectivity index (χ4v) is 2.59. The van der Waals surface area contributed by atoms with Crippen molar-refractivity contribution in [2.24, 2.45) is 5.92 Å². The van der Waals surface area contributed by atoms with Gasteiger partial charge in [-0.25, -0.2) is 0 Å². The number of likely N-dealkylation sites (tertiary alicyclic amines) is 1. The monoisotopic (exact) mass is 299 g/mol. The first kappa shape index (κ1) is 16.0. The van der Waals surface area contributed by atoms with Crippen molar-refractivity contribution in [1.82, 2.24) is 4.90 Å². The predicted octanol–water partition coefficient (Wildman–Crippen LogP) is 2.67. The molecule has 1 fully saturated rings. The van der Waals surface area contributed by atoms with Crippen LogP contribution in [0, 0.1) is 5.92 Å². The molecule has 1 aliphatic rings. The van der Waals surface area contributed by atoms with Crippen LogP contribution in [0.1, 0.15) is 19.4 Å². The standard InChI is InChI=1S/C18H21NO3/c1-4-22-16(20)12-19-15(17(13(2)3)18(19)21)11-10-14-8-6-5-7-9-14/h5-11,15,17H,2,4,12H2,1,3H3/b11-10+/t15-,17+/m1/s1. The molecule has 1 amide bonds. The summed E-state index contributed by atoms with van der Waals surface area (Å²) in [6.45, 7) is 7.78. The summed E-state index contributed by atoms with van der Waals surface area (Å²) in [7, 11) is 0. The zero-order chi connectivity index (χ0) is 16.1. The Hall–Kier alpha value is -2.36. The van der Waals surface area contributed by atoms with E-state index in [0.29, 0.717) is 6.61 Å². The number of hydrogen-bond acceptors (Lipinski definition) is 3. The van der Waals surface area contributed by atoms with E-state index in [9.17, 15) is 9.59 Å². The van der Waals surface area contributed by atoms with E-state index in [1.165, 1.54) is 4.90 Å². The number of carbonyl (C=O) groups is 2. The van der Waals surface area contributed by atoms with E-state index in [1.807, 2.05) is 49.4 Å². The van der Waals surface area contributed by atoms with Crippen LogP contribution >= 0.6 is 0 Å². The molecular weight excluding hydrogens is 278 g/mol. The van der Waals surface area contributed by atoms with Crippen molar-refractivity contribution in [3.05, 3.63) is 54.1 Å². The summed E-state index contributed by atoms with van der Waals surface area (Å²) in [5.41, 5.74) is 1.87. The highest BCUT2D eigenvalue weighted by Crippen LogP contribution is 2.33. The van der Waals surface area contributed by atoms with Gasteiger partial charge in [-0.3, -0.25) is 9.59 Å². The van der Waals surface area contributed by atoms with Crippen LogP contribution in [-0.4, -0.2) is 36.0 Å². The van der Waals surface area contributed by atoms with E-state index < -0.39 is 0 Å². The van der Waals surface area contributed by atoms with Gasteiger partial charge in [0.05, 0.1) is 18.6 Å². The Morgan fingerprint density at radius 1 is 1.36 bits per heavy atom. The summed E-state index contributed by atoms with van der Waals surface area (Å²) in [5, 5.41) is 0. The molecule has 0 saturated carbocycles. The van der Waals surface area contributed by atoms with Crippen molar-refractivity contribution < 1.29 is 14.3 Å². The summed E-state index contributed by atoms with van der Waals surface area (Å²) in [6.07, 6.45) is 3.92. The van der Waals surface area contributed by atoms with Gasteiger partial charge in [0.1, 0.15) is 6.54 Å². The maximum Gasteiger partial charge on any atom is 0.325 e. The van der Waals surface area contributed by atoms with Gasteiger partial charge in [0.15, 0.2) is 0 Å². The molecule has 1 aliphatic heterocycles. The minimum absolute atomic E-state index is 0.0136. The third kappa shape index (κ3) is 3.45. The van der Waals surface area contributed by atoms with Crippen molar-refractivity contribution >= 4 is 18.0 Å². The summed E-state index contributed by atoms with van der Waals surface area (Å²) >= 11 is 0. The second-order valence-electron chi connectivity index (χ2n) is 5.36. The maximum absolute atomic E-state index is 12.2. The summed E-state index contributed by atoms with van der Waals surface area (Å²) in [4.78, 5) is 25.4. The fourth-order valence-electron chi connectivity index (χ4n) is 2.59. The Kier molecular flexibility index (Phi) is 5.15. The van der Waals surface area contributed by atoms with Crippen LogP contribution in [0.3, 0.4) is 0 Å². The Balaban J connectivity index is 2.12. The van der Waals surface area contributed by atoms with E-state index in [1.54, 1.807) is 6.92 Å². The molecule has 0 bridgehead atoms. The van der Waals surface area contributed by atoms with E-state index in [4.69, 9.17) is 4.74 Å². The number of β-lactam (4-membered cyclic amide) rings is 1. The Morgan fingerprint density at radius 2 is 2.05 bits per heavy atom. The molecule has 0 unspecified atom stereocenters. The molecule has 1 saturated heterocycles. The summed E-state index contributed by atoms with van der Waals surface area (Å²) in [6, 6.07) is 9.70. The molecule has 0 aliphatic carbocycles. The zero-order valence-electron chi connectivity index (χ0n) is 13.0. The normalized spacial score (nSPS) is 20.8. The largest absolute Gasteiger partial charge is 0.465 e. The van der Waals surface area contributed by atoms with Crippen molar-refractivity contribution in [3.63, 3.8) is 0 Å². The van der Waals surface area contributed by atoms with Crippen LogP contribution < -0.4 is 0 Å². The Bertz CT molecular complexity index is 592. The van der Waals surface area contributed by atoms with E-state index in [2.05, 4.69) is 6.58 Å². The Morgan fingerprint density at radius 3 is 2.64 bits per heavy atom. The molecule has 2 rings (SSSR count). The molecule has 22 heavy (non-hydrogen) atoms. The van der Waals surface area contributed by atoms with Gasteiger partial charge in [-0.05, 0) is 19.4 Å². The molecule has 4 nitrogen and oxygen atoms in total. The van der Waals surface area contributed by atoms with E-state index in [0.717, 1.165) is 11.1 Å². The average Bonchev–Trinajstić information content (AvgIpc) is 2.49. The average molecular weight is 299 g/mol. The third-order valence-electron chi connectivity index (χ3n) is 3.67. The van der Waals surface area contributed by atoms with Crippen LogP contribution in [0.15, 0.2) is 48.6 Å². The van der Waals surface area contributed by atoms with Crippen molar-refractivity contribution in [2.45, 2.75) is 19.9 Å². The number of ether oxygens (including phenoxy) is 1.